The minimum absolute atomic E-state index is 0.0278. The number of anilines is 1. The van der Waals surface area contributed by atoms with Crippen LogP contribution in [0.25, 0.3) is 11.6 Å². The van der Waals surface area contributed by atoms with E-state index in [0.717, 1.165) is 0 Å². The average Bonchev–Trinajstić information content (AvgIpc) is 3.54. The Morgan fingerprint density at radius 3 is 2.63 bits per heavy atom. The lowest BCUT2D eigenvalue weighted by Gasteiger charge is -2.16. The van der Waals surface area contributed by atoms with E-state index in [4.69, 9.17) is 18.7 Å². The van der Waals surface area contributed by atoms with E-state index in [-0.39, 0.29) is 29.5 Å². The number of ketones is 1. The van der Waals surface area contributed by atoms with E-state index in [2.05, 4.69) is 25.5 Å². The molecule has 1 aromatic carbocycles. The van der Waals surface area contributed by atoms with Crippen LogP contribution in [-0.4, -0.2) is 56.4 Å². The molecule has 0 saturated heterocycles. The molecule has 38 heavy (non-hydrogen) atoms. The molecule has 1 amide bonds. The molecule has 0 aliphatic rings. The van der Waals surface area contributed by atoms with Crippen LogP contribution in [-0.2, 0) is 11.8 Å². The van der Waals surface area contributed by atoms with E-state index in [1.165, 1.54) is 6.20 Å². The fourth-order valence-corrected chi connectivity index (χ4v) is 3.48. The molecule has 0 spiro atoms. The first kappa shape index (κ1) is 26.5. The van der Waals surface area contributed by atoms with Crippen LogP contribution in [0.2, 0.25) is 0 Å². The number of nitrogens with one attached hydrogen (secondary N) is 1. The summed E-state index contributed by atoms with van der Waals surface area (Å²) >= 11 is 0. The van der Waals surface area contributed by atoms with Gasteiger partial charge >= 0.3 is 0 Å². The Hall–Kier alpha value is -4.58. The molecular weight excluding hydrogens is 492 g/mol. The Kier molecular flexibility index (Phi) is 8.44. The van der Waals surface area contributed by atoms with Crippen molar-refractivity contribution in [1.82, 2.24) is 24.9 Å². The molecule has 12 nitrogen and oxygen atoms in total. The highest BCUT2D eigenvalue weighted by molar-refractivity contribution is 6.04. The van der Waals surface area contributed by atoms with Crippen molar-refractivity contribution in [3.8, 4) is 28.8 Å². The van der Waals surface area contributed by atoms with E-state index >= 15 is 0 Å². The van der Waals surface area contributed by atoms with E-state index in [0.29, 0.717) is 53.8 Å². The Morgan fingerprint density at radius 1 is 1.13 bits per heavy atom. The van der Waals surface area contributed by atoms with Crippen molar-refractivity contribution in [3.63, 3.8) is 0 Å². The monoisotopic (exact) mass is 520 g/mol. The number of methoxy groups -OCH3 is 1. The lowest BCUT2D eigenvalue weighted by atomic mass is 10.2. The van der Waals surface area contributed by atoms with Gasteiger partial charge in [-0.1, -0.05) is 12.1 Å². The topological polar surface area (TPSA) is 143 Å². The number of hydrogen-bond acceptors (Lipinski definition) is 10. The summed E-state index contributed by atoms with van der Waals surface area (Å²) in [6.45, 7) is 4.12. The zero-order chi connectivity index (χ0) is 27.1. The van der Waals surface area contributed by atoms with Crippen LogP contribution >= 0.6 is 0 Å². The van der Waals surface area contributed by atoms with Gasteiger partial charge in [0.15, 0.2) is 5.82 Å². The van der Waals surface area contributed by atoms with Crippen molar-refractivity contribution in [3.05, 3.63) is 60.2 Å². The number of pyridine rings is 1. The van der Waals surface area contributed by atoms with Crippen molar-refractivity contribution in [2.75, 3.05) is 19.0 Å². The van der Waals surface area contributed by atoms with Crippen molar-refractivity contribution >= 4 is 17.5 Å². The first-order valence-corrected chi connectivity index (χ1v) is 12.0. The molecule has 3 heterocycles. The van der Waals surface area contributed by atoms with Gasteiger partial charge in [-0.05, 0) is 37.6 Å². The highest BCUT2D eigenvalue weighted by Gasteiger charge is 2.17. The first-order valence-electron chi connectivity index (χ1n) is 12.0. The highest BCUT2D eigenvalue weighted by atomic mass is 16.5. The predicted octanol–water partition coefficient (Wildman–Crippen LogP) is 4.31. The molecule has 0 aliphatic heterocycles. The number of carbonyl (C=O) groups excluding carboxylic acids is 2. The van der Waals surface area contributed by atoms with Gasteiger partial charge in [0.2, 0.25) is 11.6 Å². The van der Waals surface area contributed by atoms with Crippen LogP contribution in [0.3, 0.4) is 0 Å². The van der Waals surface area contributed by atoms with Crippen molar-refractivity contribution in [2.24, 2.45) is 7.05 Å². The largest absolute Gasteiger partial charge is 0.488 e. The summed E-state index contributed by atoms with van der Waals surface area (Å²) in [5.41, 5.74) is 0.703. The number of nitrogens with zero attached hydrogens (tertiary/aromatic N) is 5. The van der Waals surface area contributed by atoms with Crippen molar-refractivity contribution < 1.29 is 28.3 Å². The fraction of sp³-hybridized carbons (Fsp3) is 0.308. The second-order valence-corrected chi connectivity index (χ2v) is 8.48. The Morgan fingerprint density at radius 2 is 1.95 bits per heavy atom. The Balaban J connectivity index is 1.53. The van der Waals surface area contributed by atoms with Crippen molar-refractivity contribution in [2.45, 2.75) is 32.8 Å². The molecule has 4 aromatic rings. The summed E-state index contributed by atoms with van der Waals surface area (Å²) in [7, 11) is 3.34. The maximum Gasteiger partial charge on any atom is 0.276 e. The number of ether oxygens (including phenoxy) is 3. The van der Waals surface area contributed by atoms with Crippen molar-refractivity contribution in [1.29, 1.82) is 0 Å². The van der Waals surface area contributed by atoms with Gasteiger partial charge in [0.1, 0.15) is 29.0 Å². The van der Waals surface area contributed by atoms with E-state index < -0.39 is 0 Å². The number of rotatable bonds is 12. The highest BCUT2D eigenvalue weighted by Crippen LogP contribution is 2.29. The standard InChI is InChI=1S/C26H28N6O6/c1-5-6-22(33)24-29-26(38-31-24)21-8-7-18(14-27-21)37-20-12-17(11-19(13-20)36-16(2)15-35-4)25(34)28-23-9-10-32(3)30-23/h7-14,16H,5-6,15H2,1-4H3,(H,28,30,34)/t16-/m0/s1. The summed E-state index contributed by atoms with van der Waals surface area (Å²) in [6, 6.07) is 9.85. The summed E-state index contributed by atoms with van der Waals surface area (Å²) in [5.74, 6) is 1.19. The molecule has 0 unspecified atom stereocenters. The van der Waals surface area contributed by atoms with Crippen LogP contribution in [0.5, 0.6) is 17.2 Å². The number of hydrogen-bond donors (Lipinski definition) is 1. The molecule has 1 atom stereocenters. The summed E-state index contributed by atoms with van der Waals surface area (Å²) < 4.78 is 23.8. The smallest absolute Gasteiger partial charge is 0.276 e. The number of Topliss-reactive ketones (excluding diaryl/α,β-unsaturated/α-hetero) is 1. The molecule has 3 aromatic heterocycles. The Labute approximate surface area is 218 Å². The zero-order valence-corrected chi connectivity index (χ0v) is 21.5. The van der Waals surface area contributed by atoms with Gasteiger partial charge in [-0.15, -0.1) is 0 Å². The SMILES string of the molecule is CCCC(=O)c1noc(-c2ccc(Oc3cc(O[C@@H](C)COC)cc(C(=O)Nc4ccn(C)n4)c3)cn2)n1. The normalized spacial score (nSPS) is 11.7. The number of carbonyl (C=O) groups is 2. The number of aromatic nitrogens is 5. The van der Waals surface area contributed by atoms with Gasteiger partial charge in [0.25, 0.3) is 11.8 Å². The zero-order valence-electron chi connectivity index (χ0n) is 21.5. The Bertz CT molecular complexity index is 1400. The second-order valence-electron chi connectivity index (χ2n) is 8.48. The number of aryl methyl sites for hydroxylation is 1. The summed E-state index contributed by atoms with van der Waals surface area (Å²) in [5, 5.41) is 10.7. The van der Waals surface area contributed by atoms with Crippen LogP contribution in [0.15, 0.2) is 53.3 Å². The average molecular weight is 521 g/mol. The molecule has 0 aliphatic carbocycles. The number of amides is 1. The van der Waals surface area contributed by atoms with E-state index in [1.807, 2.05) is 13.8 Å². The summed E-state index contributed by atoms with van der Waals surface area (Å²) in [6.07, 6.45) is 3.98. The third-order valence-electron chi connectivity index (χ3n) is 5.18. The molecule has 12 heteroatoms. The van der Waals surface area contributed by atoms with Gasteiger partial charge in [-0.2, -0.15) is 10.1 Å². The third kappa shape index (κ3) is 6.79. The van der Waals surface area contributed by atoms with Gasteiger partial charge in [0, 0.05) is 44.5 Å². The van der Waals surface area contributed by atoms with Crippen LogP contribution in [0, 0.1) is 0 Å². The van der Waals surface area contributed by atoms with Crippen LogP contribution in [0.4, 0.5) is 5.82 Å². The maximum absolute atomic E-state index is 12.9. The lowest BCUT2D eigenvalue weighted by Crippen LogP contribution is -2.18. The molecule has 4 rings (SSSR count). The first-order chi connectivity index (χ1) is 18.3. The number of benzene rings is 1. The molecule has 0 saturated carbocycles. The van der Waals surface area contributed by atoms with Gasteiger partial charge in [-0.25, -0.2) is 4.98 Å². The summed E-state index contributed by atoms with van der Waals surface area (Å²) in [4.78, 5) is 33.3. The molecule has 198 valence electrons. The second kappa shape index (κ2) is 12.1. The fourth-order valence-electron chi connectivity index (χ4n) is 3.48. The maximum atomic E-state index is 12.9. The molecule has 0 radical (unpaired) electrons. The van der Waals surface area contributed by atoms with Crippen LogP contribution in [0.1, 0.15) is 47.7 Å². The van der Waals surface area contributed by atoms with E-state index in [9.17, 15) is 9.59 Å². The van der Waals surface area contributed by atoms with Gasteiger partial charge < -0.3 is 24.1 Å². The van der Waals surface area contributed by atoms with E-state index in [1.54, 1.807) is 61.4 Å². The predicted molar refractivity (Wildman–Crippen MR) is 136 cm³/mol. The quantitative estimate of drug-likeness (QED) is 0.268. The molecule has 0 bridgehead atoms. The molecular formula is C26H28N6O6. The lowest BCUT2D eigenvalue weighted by molar-refractivity contribution is 0.0915. The van der Waals surface area contributed by atoms with Gasteiger partial charge in [-0.3, -0.25) is 14.3 Å². The molecule has 1 N–H and O–H groups in total. The van der Waals surface area contributed by atoms with Gasteiger partial charge in [0.05, 0.1) is 12.8 Å². The third-order valence-corrected chi connectivity index (χ3v) is 5.18. The minimum Gasteiger partial charge on any atom is -0.488 e. The molecule has 0 fully saturated rings. The van der Waals surface area contributed by atoms with Crippen LogP contribution < -0.4 is 14.8 Å². The minimum atomic E-state index is -0.378.